The first-order valence-corrected chi connectivity index (χ1v) is 6.86. The minimum Gasteiger partial charge on any atom is -0.505 e. The maximum atomic E-state index is 10.2. The third-order valence-corrected chi connectivity index (χ3v) is 4.43. The van der Waals surface area contributed by atoms with Gasteiger partial charge in [0.25, 0.3) is 0 Å². The van der Waals surface area contributed by atoms with Crippen LogP contribution in [-0.4, -0.2) is 17.2 Å². The van der Waals surface area contributed by atoms with Crippen molar-refractivity contribution in [3.05, 3.63) is 28.4 Å². The third kappa shape index (κ3) is 1.75. The molecule has 0 amide bonds. The van der Waals surface area contributed by atoms with Gasteiger partial charge in [0.1, 0.15) is 5.75 Å². The highest BCUT2D eigenvalue weighted by molar-refractivity contribution is 9.10. The maximum Gasteiger partial charge on any atom is 0.152 e. The van der Waals surface area contributed by atoms with Crippen molar-refractivity contribution >= 4 is 26.8 Å². The molecule has 2 aromatic rings. The molecular formula is C14H14BrNO2. The van der Waals surface area contributed by atoms with E-state index in [-0.39, 0.29) is 5.75 Å². The number of nitrogens with zero attached hydrogens (tertiary/aromatic N) is 1. The summed E-state index contributed by atoms with van der Waals surface area (Å²) in [5.74, 6) is 1.45. The van der Waals surface area contributed by atoms with Crippen molar-refractivity contribution in [2.24, 2.45) is 0 Å². The van der Waals surface area contributed by atoms with Gasteiger partial charge in [-0.15, -0.1) is 0 Å². The van der Waals surface area contributed by atoms with Crippen molar-refractivity contribution in [1.29, 1.82) is 0 Å². The number of pyridine rings is 1. The molecule has 1 N–H and O–H groups in total. The van der Waals surface area contributed by atoms with E-state index >= 15 is 0 Å². The number of fused-ring (bicyclic) bond motifs is 1. The standard InChI is InChI=1S/C14H14BrNO2/c1-18-9-5-6-11-10(7-9)12(15)14(17)13(16-11)8-3-2-4-8/h5-8,17H,2-4H2,1H3. The molecule has 1 heterocycles. The number of aromatic nitrogens is 1. The largest absolute Gasteiger partial charge is 0.505 e. The molecule has 0 bridgehead atoms. The molecule has 0 atom stereocenters. The van der Waals surface area contributed by atoms with Crippen molar-refractivity contribution in [2.75, 3.05) is 7.11 Å². The Bertz CT molecular complexity index is 608. The molecule has 4 heteroatoms. The van der Waals surface area contributed by atoms with Gasteiger partial charge in [-0.2, -0.15) is 0 Å². The van der Waals surface area contributed by atoms with Gasteiger partial charge < -0.3 is 9.84 Å². The molecule has 0 spiro atoms. The number of benzene rings is 1. The molecular weight excluding hydrogens is 294 g/mol. The molecule has 1 saturated carbocycles. The van der Waals surface area contributed by atoms with E-state index in [0.717, 1.165) is 35.2 Å². The van der Waals surface area contributed by atoms with E-state index < -0.39 is 0 Å². The van der Waals surface area contributed by atoms with E-state index in [1.54, 1.807) is 7.11 Å². The zero-order chi connectivity index (χ0) is 12.7. The molecule has 0 radical (unpaired) electrons. The summed E-state index contributed by atoms with van der Waals surface area (Å²) in [6.45, 7) is 0. The van der Waals surface area contributed by atoms with E-state index in [9.17, 15) is 5.11 Å². The zero-order valence-corrected chi connectivity index (χ0v) is 11.7. The highest BCUT2D eigenvalue weighted by atomic mass is 79.9. The topological polar surface area (TPSA) is 42.4 Å². The van der Waals surface area contributed by atoms with Crippen molar-refractivity contribution in [3.63, 3.8) is 0 Å². The van der Waals surface area contributed by atoms with Crippen LogP contribution in [0.3, 0.4) is 0 Å². The van der Waals surface area contributed by atoms with Crippen molar-refractivity contribution in [2.45, 2.75) is 25.2 Å². The van der Waals surface area contributed by atoms with Gasteiger partial charge in [-0.1, -0.05) is 6.42 Å². The summed E-state index contributed by atoms with van der Waals surface area (Å²) in [5, 5.41) is 11.1. The number of ether oxygens (including phenoxy) is 1. The molecule has 3 rings (SSSR count). The van der Waals surface area contributed by atoms with Gasteiger partial charge in [-0.05, 0) is 47.0 Å². The lowest BCUT2D eigenvalue weighted by Crippen LogP contribution is -2.11. The Morgan fingerprint density at radius 3 is 2.78 bits per heavy atom. The van der Waals surface area contributed by atoms with E-state index in [1.165, 1.54) is 6.42 Å². The fraction of sp³-hybridized carbons (Fsp3) is 0.357. The lowest BCUT2D eigenvalue weighted by atomic mass is 9.82. The van der Waals surface area contributed by atoms with E-state index in [0.29, 0.717) is 10.4 Å². The van der Waals surface area contributed by atoms with Gasteiger partial charge in [0.05, 0.1) is 22.8 Å². The minimum atomic E-state index is 0.278. The van der Waals surface area contributed by atoms with Crippen molar-refractivity contribution < 1.29 is 9.84 Å². The molecule has 94 valence electrons. The fourth-order valence-electron chi connectivity index (χ4n) is 2.30. The lowest BCUT2D eigenvalue weighted by molar-refractivity contribution is 0.383. The Labute approximate surface area is 114 Å². The van der Waals surface area contributed by atoms with Gasteiger partial charge >= 0.3 is 0 Å². The molecule has 1 fully saturated rings. The molecule has 18 heavy (non-hydrogen) atoms. The molecule has 0 unspecified atom stereocenters. The van der Waals surface area contributed by atoms with Crippen molar-refractivity contribution in [1.82, 2.24) is 4.98 Å². The second-order valence-corrected chi connectivity index (χ2v) is 5.46. The first kappa shape index (κ1) is 11.8. The average molecular weight is 308 g/mol. The second-order valence-electron chi connectivity index (χ2n) is 4.67. The average Bonchev–Trinajstić information content (AvgIpc) is 2.33. The first-order valence-electron chi connectivity index (χ1n) is 6.07. The fourth-order valence-corrected chi connectivity index (χ4v) is 2.83. The summed E-state index contributed by atoms with van der Waals surface area (Å²) >= 11 is 3.47. The number of halogens is 1. The number of aromatic hydroxyl groups is 1. The maximum absolute atomic E-state index is 10.2. The summed E-state index contributed by atoms with van der Waals surface area (Å²) < 4.78 is 5.91. The number of rotatable bonds is 2. The predicted molar refractivity (Wildman–Crippen MR) is 74.3 cm³/mol. The van der Waals surface area contributed by atoms with Crippen LogP contribution >= 0.6 is 15.9 Å². The van der Waals surface area contributed by atoms with Gasteiger partial charge in [-0.25, -0.2) is 4.98 Å². The monoisotopic (exact) mass is 307 g/mol. The quantitative estimate of drug-likeness (QED) is 0.912. The van der Waals surface area contributed by atoms with E-state index in [4.69, 9.17) is 4.74 Å². The van der Waals surface area contributed by atoms with Gasteiger partial charge in [0, 0.05) is 11.3 Å². The summed E-state index contributed by atoms with van der Waals surface area (Å²) in [6, 6.07) is 5.71. The van der Waals surface area contributed by atoms with Crippen molar-refractivity contribution in [3.8, 4) is 11.5 Å². The highest BCUT2D eigenvalue weighted by Gasteiger charge is 2.26. The lowest BCUT2D eigenvalue weighted by Gasteiger charge is -2.26. The van der Waals surface area contributed by atoms with Crippen LogP contribution in [0.5, 0.6) is 11.5 Å². The predicted octanol–water partition coefficient (Wildman–Crippen LogP) is 3.98. The summed E-state index contributed by atoms with van der Waals surface area (Å²) in [4.78, 5) is 4.60. The first-order chi connectivity index (χ1) is 8.70. The molecule has 0 aliphatic heterocycles. The summed E-state index contributed by atoms with van der Waals surface area (Å²) in [7, 11) is 1.63. The Morgan fingerprint density at radius 2 is 2.17 bits per heavy atom. The highest BCUT2D eigenvalue weighted by Crippen LogP contribution is 2.44. The van der Waals surface area contributed by atoms with E-state index in [1.807, 2.05) is 18.2 Å². The Balaban J connectivity index is 2.21. The zero-order valence-electron chi connectivity index (χ0n) is 10.1. The third-order valence-electron chi connectivity index (χ3n) is 3.62. The van der Waals surface area contributed by atoms with Crippen LogP contribution < -0.4 is 4.74 Å². The number of hydrogen-bond acceptors (Lipinski definition) is 3. The van der Waals surface area contributed by atoms with Gasteiger partial charge in [0.2, 0.25) is 0 Å². The van der Waals surface area contributed by atoms with Crippen LogP contribution in [0.15, 0.2) is 22.7 Å². The Morgan fingerprint density at radius 1 is 1.39 bits per heavy atom. The normalized spacial score (nSPS) is 15.7. The van der Waals surface area contributed by atoms with Crippen LogP contribution in [0, 0.1) is 0 Å². The van der Waals surface area contributed by atoms with Crippen LogP contribution in [0.1, 0.15) is 30.9 Å². The SMILES string of the molecule is COc1ccc2nc(C3CCC3)c(O)c(Br)c2c1. The molecule has 1 aromatic carbocycles. The Hall–Kier alpha value is -1.29. The smallest absolute Gasteiger partial charge is 0.152 e. The van der Waals surface area contributed by atoms with Crippen LogP contribution in [0.25, 0.3) is 10.9 Å². The van der Waals surface area contributed by atoms with Crippen LogP contribution in [0.4, 0.5) is 0 Å². The molecule has 0 saturated heterocycles. The van der Waals surface area contributed by atoms with Crippen LogP contribution in [-0.2, 0) is 0 Å². The minimum absolute atomic E-state index is 0.278. The molecule has 3 nitrogen and oxygen atoms in total. The summed E-state index contributed by atoms with van der Waals surface area (Å²) in [5.41, 5.74) is 1.72. The number of methoxy groups -OCH3 is 1. The van der Waals surface area contributed by atoms with Gasteiger partial charge in [-0.3, -0.25) is 0 Å². The molecule has 1 aromatic heterocycles. The molecule has 1 aliphatic rings. The number of hydrogen-bond donors (Lipinski definition) is 1. The van der Waals surface area contributed by atoms with Gasteiger partial charge in [0.15, 0.2) is 5.75 Å². The second kappa shape index (κ2) is 4.43. The Kier molecular flexibility index (Phi) is 2.90. The summed E-state index contributed by atoms with van der Waals surface area (Å²) in [6.07, 6.45) is 3.47. The molecule has 1 aliphatic carbocycles. The van der Waals surface area contributed by atoms with E-state index in [2.05, 4.69) is 20.9 Å². The van der Waals surface area contributed by atoms with Crippen LogP contribution in [0.2, 0.25) is 0 Å².